The predicted octanol–water partition coefficient (Wildman–Crippen LogP) is 3.31. The summed E-state index contributed by atoms with van der Waals surface area (Å²) in [7, 11) is -1.12. The number of rotatable bonds is 8. The molecule has 33 heavy (non-hydrogen) atoms. The summed E-state index contributed by atoms with van der Waals surface area (Å²) in [5.74, 6) is 0.566. The number of carbonyl (C=O) groups is 1. The van der Waals surface area contributed by atoms with E-state index in [0.29, 0.717) is 22.7 Å². The largest absolute Gasteiger partial charge is 0.497 e. The Kier molecular flexibility index (Phi) is 7.67. The maximum absolute atomic E-state index is 12.8. The number of nitrogens with zero attached hydrogens (tertiary/aromatic N) is 1. The first-order valence-electron chi connectivity index (χ1n) is 9.40. The summed E-state index contributed by atoms with van der Waals surface area (Å²) in [6, 6.07) is 9.13. The van der Waals surface area contributed by atoms with Crippen LogP contribution in [0.3, 0.4) is 0 Å². The zero-order valence-electron chi connectivity index (χ0n) is 17.8. The Bertz CT molecular complexity index is 1340. The summed E-state index contributed by atoms with van der Waals surface area (Å²) in [5.41, 5.74) is 0.332. The van der Waals surface area contributed by atoms with Gasteiger partial charge in [-0.15, -0.1) is 0 Å². The molecule has 0 saturated heterocycles. The van der Waals surface area contributed by atoms with E-state index in [0.717, 1.165) is 18.0 Å². The number of nitrogens with one attached hydrogen (secondary N) is 2. The number of hydrogen-bond donors (Lipinski definition) is 2. The fourth-order valence-corrected chi connectivity index (χ4v) is 4.85. The molecule has 3 rings (SSSR count). The van der Waals surface area contributed by atoms with E-state index >= 15 is 0 Å². The van der Waals surface area contributed by atoms with E-state index in [-0.39, 0.29) is 26.7 Å². The van der Waals surface area contributed by atoms with Gasteiger partial charge in [-0.1, -0.05) is 29.4 Å². The molecular formula is C21H20ClN3O6S2. The minimum Gasteiger partial charge on any atom is -0.497 e. The van der Waals surface area contributed by atoms with Crippen LogP contribution in [0.15, 0.2) is 62.3 Å². The van der Waals surface area contributed by atoms with Gasteiger partial charge in [0.1, 0.15) is 11.5 Å². The van der Waals surface area contributed by atoms with Crippen LogP contribution in [0.2, 0.25) is 5.02 Å². The number of benzene rings is 2. The molecule has 0 unspecified atom stereocenters. The van der Waals surface area contributed by atoms with Crippen molar-refractivity contribution in [3.8, 4) is 11.5 Å². The number of sulfone groups is 1. The third kappa shape index (κ3) is 5.86. The molecule has 1 aromatic heterocycles. The number of hydrogen-bond acceptors (Lipinski definition) is 8. The highest BCUT2D eigenvalue weighted by Crippen LogP contribution is 2.26. The van der Waals surface area contributed by atoms with Gasteiger partial charge in [-0.3, -0.25) is 9.59 Å². The van der Waals surface area contributed by atoms with Crippen molar-refractivity contribution in [2.45, 2.75) is 21.9 Å². The lowest BCUT2D eigenvalue weighted by Crippen LogP contribution is -2.20. The molecule has 0 radical (unpaired) electrons. The van der Waals surface area contributed by atoms with Crippen molar-refractivity contribution in [2.75, 3.05) is 25.3 Å². The van der Waals surface area contributed by atoms with Crippen LogP contribution in [0.4, 0.5) is 5.69 Å². The molecule has 1 heterocycles. The van der Waals surface area contributed by atoms with Crippen molar-refractivity contribution in [3.05, 3.63) is 63.5 Å². The SMILES string of the molecule is COc1cc(NC(=O)CSc2ncc(S(=O)(=O)c3ccc(C)c(Cl)c3)c(=O)[nH]2)cc(OC)c1. The van der Waals surface area contributed by atoms with Crippen LogP contribution in [0.5, 0.6) is 11.5 Å². The van der Waals surface area contributed by atoms with Gasteiger partial charge in [-0.25, -0.2) is 13.4 Å². The Labute approximate surface area is 199 Å². The van der Waals surface area contributed by atoms with Crippen molar-refractivity contribution < 1.29 is 22.7 Å². The fourth-order valence-electron chi connectivity index (χ4n) is 2.71. The Balaban J connectivity index is 1.71. The Morgan fingerprint density at radius 3 is 2.39 bits per heavy atom. The van der Waals surface area contributed by atoms with Crippen LogP contribution in [0.25, 0.3) is 0 Å². The lowest BCUT2D eigenvalue weighted by atomic mass is 10.2. The zero-order chi connectivity index (χ0) is 24.2. The molecule has 0 aliphatic heterocycles. The van der Waals surface area contributed by atoms with E-state index in [4.69, 9.17) is 21.1 Å². The van der Waals surface area contributed by atoms with Crippen LogP contribution >= 0.6 is 23.4 Å². The van der Waals surface area contributed by atoms with Crippen molar-refractivity contribution in [1.29, 1.82) is 0 Å². The zero-order valence-corrected chi connectivity index (χ0v) is 20.2. The number of thioether (sulfide) groups is 1. The summed E-state index contributed by atoms with van der Waals surface area (Å²) in [4.78, 5) is 30.5. The van der Waals surface area contributed by atoms with E-state index in [9.17, 15) is 18.0 Å². The molecule has 0 fully saturated rings. The summed E-state index contributed by atoms with van der Waals surface area (Å²) in [6.45, 7) is 1.74. The predicted molar refractivity (Wildman–Crippen MR) is 125 cm³/mol. The highest BCUT2D eigenvalue weighted by atomic mass is 35.5. The molecule has 2 N–H and O–H groups in total. The van der Waals surface area contributed by atoms with Gasteiger partial charge in [-0.05, 0) is 24.6 Å². The van der Waals surface area contributed by atoms with Crippen molar-refractivity contribution in [2.24, 2.45) is 0 Å². The van der Waals surface area contributed by atoms with E-state index < -0.39 is 20.3 Å². The summed E-state index contributed by atoms with van der Waals surface area (Å²) in [5, 5.41) is 3.06. The number of methoxy groups -OCH3 is 2. The van der Waals surface area contributed by atoms with Gasteiger partial charge in [0.05, 0.1) is 31.1 Å². The second kappa shape index (κ2) is 10.3. The maximum Gasteiger partial charge on any atom is 0.270 e. The van der Waals surface area contributed by atoms with Gasteiger partial charge < -0.3 is 19.8 Å². The average molecular weight is 510 g/mol. The third-order valence-corrected chi connectivity index (χ3v) is 7.50. The number of aromatic amines is 1. The first-order valence-corrected chi connectivity index (χ1v) is 12.2. The maximum atomic E-state index is 12.8. The molecule has 2 aromatic carbocycles. The lowest BCUT2D eigenvalue weighted by Gasteiger charge is -2.10. The fraction of sp³-hybridized carbons (Fsp3) is 0.190. The van der Waals surface area contributed by atoms with Crippen molar-refractivity contribution >= 4 is 44.8 Å². The van der Waals surface area contributed by atoms with E-state index in [1.807, 2.05) is 0 Å². The number of halogens is 1. The minimum atomic E-state index is -4.11. The van der Waals surface area contributed by atoms with Gasteiger partial charge in [0.2, 0.25) is 15.7 Å². The summed E-state index contributed by atoms with van der Waals surface area (Å²) < 4.78 is 35.9. The molecule has 3 aromatic rings. The number of aromatic nitrogens is 2. The average Bonchev–Trinajstić information content (AvgIpc) is 2.78. The number of H-pyrrole nitrogens is 1. The van der Waals surface area contributed by atoms with Gasteiger partial charge in [-0.2, -0.15) is 0 Å². The molecule has 0 aliphatic carbocycles. The summed E-state index contributed by atoms with van der Waals surface area (Å²) in [6.07, 6.45) is 0.967. The van der Waals surface area contributed by atoms with Crippen LogP contribution in [-0.2, 0) is 14.6 Å². The van der Waals surface area contributed by atoms with Gasteiger partial charge in [0, 0.05) is 28.9 Å². The molecular weight excluding hydrogens is 490 g/mol. The topological polar surface area (TPSA) is 127 Å². The standard InChI is InChI=1S/C21H20ClN3O6S2/c1-12-4-5-16(9-17(12)22)33(28,29)18-10-23-21(25-20(18)27)32-11-19(26)24-13-6-14(30-2)8-15(7-13)31-3/h4-10H,11H2,1-3H3,(H,24,26)(H,23,25,27). The number of ether oxygens (including phenoxy) is 2. The van der Waals surface area contributed by atoms with Gasteiger partial charge in [0.15, 0.2) is 10.1 Å². The van der Waals surface area contributed by atoms with E-state index in [1.165, 1.54) is 26.4 Å². The second-order valence-electron chi connectivity index (χ2n) is 6.73. The highest BCUT2D eigenvalue weighted by molar-refractivity contribution is 7.99. The van der Waals surface area contributed by atoms with Crippen molar-refractivity contribution in [1.82, 2.24) is 9.97 Å². The molecule has 0 aliphatic rings. The Morgan fingerprint density at radius 1 is 1.15 bits per heavy atom. The molecule has 12 heteroatoms. The number of carbonyl (C=O) groups excluding carboxylic acids is 1. The van der Waals surface area contributed by atoms with Gasteiger partial charge >= 0.3 is 0 Å². The Morgan fingerprint density at radius 2 is 1.82 bits per heavy atom. The molecule has 0 atom stereocenters. The van der Waals surface area contributed by atoms with Crippen LogP contribution in [-0.4, -0.2) is 44.3 Å². The number of aryl methyl sites for hydroxylation is 1. The molecule has 1 amide bonds. The summed E-state index contributed by atoms with van der Waals surface area (Å²) >= 11 is 6.96. The molecule has 9 nitrogen and oxygen atoms in total. The molecule has 0 saturated carbocycles. The van der Waals surface area contributed by atoms with Crippen LogP contribution in [0, 0.1) is 6.92 Å². The lowest BCUT2D eigenvalue weighted by molar-refractivity contribution is -0.113. The van der Waals surface area contributed by atoms with Crippen LogP contribution < -0.4 is 20.3 Å². The molecule has 174 valence electrons. The van der Waals surface area contributed by atoms with Crippen LogP contribution in [0.1, 0.15) is 5.56 Å². The number of amides is 1. The molecule has 0 spiro atoms. The minimum absolute atomic E-state index is 0.0812. The van der Waals surface area contributed by atoms with E-state index in [1.54, 1.807) is 31.2 Å². The van der Waals surface area contributed by atoms with E-state index in [2.05, 4.69) is 15.3 Å². The highest BCUT2D eigenvalue weighted by Gasteiger charge is 2.23. The van der Waals surface area contributed by atoms with Gasteiger partial charge in [0.25, 0.3) is 5.56 Å². The first-order chi connectivity index (χ1) is 15.6. The third-order valence-electron chi connectivity index (χ3n) is 4.46. The second-order valence-corrected chi connectivity index (χ2v) is 10.0. The molecule has 0 bridgehead atoms. The number of anilines is 1. The smallest absolute Gasteiger partial charge is 0.270 e. The Hall–Kier alpha value is -3.02. The first kappa shape index (κ1) is 24.6. The monoisotopic (exact) mass is 509 g/mol. The van der Waals surface area contributed by atoms with Crippen molar-refractivity contribution in [3.63, 3.8) is 0 Å². The normalized spacial score (nSPS) is 11.2. The quantitative estimate of drug-likeness (QED) is 0.349.